The van der Waals surface area contributed by atoms with Crippen LogP contribution in [-0.2, 0) is 22.6 Å². The van der Waals surface area contributed by atoms with Gasteiger partial charge in [-0.25, -0.2) is 0 Å². The quantitative estimate of drug-likeness (QED) is 0.773. The van der Waals surface area contributed by atoms with Crippen molar-refractivity contribution in [3.8, 4) is 5.75 Å². The van der Waals surface area contributed by atoms with Gasteiger partial charge in [0.25, 0.3) is 0 Å². The summed E-state index contributed by atoms with van der Waals surface area (Å²) in [6.07, 6.45) is -4.17. The number of hydrogen-bond acceptors (Lipinski definition) is 3. The zero-order chi connectivity index (χ0) is 19.9. The molecule has 0 saturated heterocycles. The average molecular weight is 380 g/mol. The van der Waals surface area contributed by atoms with Gasteiger partial charge in [0.15, 0.2) is 0 Å². The van der Waals surface area contributed by atoms with Crippen molar-refractivity contribution < 1.29 is 27.5 Å². The monoisotopic (exact) mass is 380 g/mol. The van der Waals surface area contributed by atoms with Crippen molar-refractivity contribution in [2.75, 3.05) is 12.4 Å². The van der Waals surface area contributed by atoms with Gasteiger partial charge in [-0.15, -0.1) is 0 Å². The van der Waals surface area contributed by atoms with Crippen LogP contribution in [0.1, 0.15) is 17.5 Å². The molecule has 2 amide bonds. The second kappa shape index (κ2) is 9.07. The summed E-state index contributed by atoms with van der Waals surface area (Å²) in [6.45, 7) is -0.286. The fourth-order valence-electron chi connectivity index (χ4n) is 2.35. The Morgan fingerprint density at radius 2 is 1.74 bits per heavy atom. The van der Waals surface area contributed by atoms with E-state index in [1.54, 1.807) is 30.6 Å². The Kier molecular flexibility index (Phi) is 6.81. The molecule has 8 heteroatoms. The number of alkyl halides is 3. The van der Waals surface area contributed by atoms with E-state index in [-0.39, 0.29) is 18.9 Å². The van der Waals surface area contributed by atoms with E-state index in [0.717, 1.165) is 5.56 Å². The van der Waals surface area contributed by atoms with Crippen LogP contribution in [-0.4, -0.2) is 25.1 Å². The second-order valence-corrected chi connectivity index (χ2v) is 5.78. The van der Waals surface area contributed by atoms with Gasteiger partial charge in [0.05, 0.1) is 7.11 Å². The molecule has 0 aliphatic heterocycles. The summed E-state index contributed by atoms with van der Waals surface area (Å²) in [6, 6.07) is 13.7. The highest BCUT2D eigenvalue weighted by Crippen LogP contribution is 2.17. The summed E-state index contributed by atoms with van der Waals surface area (Å²) in [5.74, 6) is -1.52. The highest BCUT2D eigenvalue weighted by molar-refractivity contribution is 5.91. The highest BCUT2D eigenvalue weighted by Gasteiger charge is 2.38. The van der Waals surface area contributed by atoms with Crippen LogP contribution in [0.4, 0.5) is 18.9 Å². The third-order valence-corrected chi connectivity index (χ3v) is 3.70. The van der Waals surface area contributed by atoms with Crippen molar-refractivity contribution in [1.29, 1.82) is 0 Å². The van der Waals surface area contributed by atoms with Crippen LogP contribution in [0.15, 0.2) is 48.5 Å². The predicted molar refractivity (Wildman–Crippen MR) is 94.3 cm³/mol. The van der Waals surface area contributed by atoms with Gasteiger partial charge in [0, 0.05) is 18.7 Å². The van der Waals surface area contributed by atoms with Crippen LogP contribution in [0.25, 0.3) is 0 Å². The number of amides is 2. The molecule has 0 bridgehead atoms. The van der Waals surface area contributed by atoms with Crippen LogP contribution >= 0.6 is 0 Å². The molecular weight excluding hydrogens is 361 g/mol. The van der Waals surface area contributed by atoms with E-state index < -0.39 is 12.1 Å². The normalized spacial score (nSPS) is 11.0. The molecule has 2 aromatic carbocycles. The zero-order valence-corrected chi connectivity index (χ0v) is 14.6. The molecule has 5 nitrogen and oxygen atoms in total. The standard InChI is InChI=1S/C19H19F3N2O3/c1-27-16-7-3-4-13(11-16)8-9-17(25)24-15-6-2-5-14(10-15)12-23-18(26)19(20,21)22/h2-7,10-11H,8-9,12H2,1H3,(H,23,26)(H,24,25). The van der Waals surface area contributed by atoms with Crippen molar-refractivity contribution in [2.45, 2.75) is 25.6 Å². The van der Waals surface area contributed by atoms with Gasteiger partial charge < -0.3 is 15.4 Å². The van der Waals surface area contributed by atoms with Crippen LogP contribution < -0.4 is 15.4 Å². The van der Waals surface area contributed by atoms with Crippen molar-refractivity contribution in [3.05, 3.63) is 59.7 Å². The van der Waals surface area contributed by atoms with Crippen molar-refractivity contribution in [2.24, 2.45) is 0 Å². The third-order valence-electron chi connectivity index (χ3n) is 3.70. The third kappa shape index (κ3) is 6.65. The lowest BCUT2D eigenvalue weighted by molar-refractivity contribution is -0.173. The van der Waals surface area contributed by atoms with Gasteiger partial charge >= 0.3 is 12.1 Å². The van der Waals surface area contributed by atoms with E-state index in [4.69, 9.17) is 4.74 Å². The van der Waals surface area contributed by atoms with E-state index in [1.807, 2.05) is 24.3 Å². The van der Waals surface area contributed by atoms with E-state index >= 15 is 0 Å². The van der Waals surface area contributed by atoms with E-state index in [1.165, 1.54) is 6.07 Å². The van der Waals surface area contributed by atoms with Crippen LogP contribution in [0.3, 0.4) is 0 Å². The summed E-state index contributed by atoms with van der Waals surface area (Å²) in [7, 11) is 1.57. The smallest absolute Gasteiger partial charge is 0.471 e. The SMILES string of the molecule is COc1cccc(CCC(=O)Nc2cccc(CNC(=O)C(F)(F)F)c2)c1. The number of carbonyl (C=O) groups excluding carboxylic acids is 2. The molecule has 2 aromatic rings. The summed E-state index contributed by atoms with van der Waals surface area (Å²) in [4.78, 5) is 22.9. The van der Waals surface area contributed by atoms with Crippen LogP contribution in [0.2, 0.25) is 0 Å². The maximum atomic E-state index is 12.2. The molecule has 0 spiro atoms. The molecule has 0 atom stereocenters. The lowest BCUT2D eigenvalue weighted by Crippen LogP contribution is -2.36. The van der Waals surface area contributed by atoms with Gasteiger partial charge in [-0.3, -0.25) is 9.59 Å². The molecule has 2 N–H and O–H groups in total. The Bertz CT molecular complexity index is 807. The first-order valence-electron chi connectivity index (χ1n) is 8.14. The maximum Gasteiger partial charge on any atom is 0.471 e. The minimum absolute atomic E-state index is 0.228. The molecule has 0 radical (unpaired) electrons. The van der Waals surface area contributed by atoms with Crippen molar-refractivity contribution >= 4 is 17.5 Å². The minimum Gasteiger partial charge on any atom is -0.497 e. The van der Waals surface area contributed by atoms with Gasteiger partial charge in [0.2, 0.25) is 5.91 Å². The average Bonchev–Trinajstić information content (AvgIpc) is 2.64. The van der Waals surface area contributed by atoms with Crippen molar-refractivity contribution in [1.82, 2.24) is 5.32 Å². The minimum atomic E-state index is -4.92. The molecule has 2 rings (SSSR count). The number of ether oxygens (including phenoxy) is 1. The molecule has 144 valence electrons. The molecule has 27 heavy (non-hydrogen) atoms. The molecule has 0 aromatic heterocycles. The summed E-state index contributed by atoms with van der Waals surface area (Å²) in [5, 5.41) is 4.48. The van der Waals surface area contributed by atoms with E-state index in [9.17, 15) is 22.8 Å². The lowest BCUT2D eigenvalue weighted by Gasteiger charge is -2.10. The Morgan fingerprint density at radius 3 is 2.44 bits per heavy atom. The molecule has 0 aliphatic carbocycles. The summed E-state index contributed by atoms with van der Waals surface area (Å²) >= 11 is 0. The largest absolute Gasteiger partial charge is 0.497 e. The number of benzene rings is 2. The molecule has 0 aliphatic rings. The fourth-order valence-corrected chi connectivity index (χ4v) is 2.35. The number of carbonyl (C=O) groups is 2. The van der Waals surface area contributed by atoms with E-state index in [2.05, 4.69) is 5.32 Å². The molecule has 0 unspecified atom stereocenters. The first-order valence-corrected chi connectivity index (χ1v) is 8.14. The van der Waals surface area contributed by atoms with Gasteiger partial charge in [-0.2, -0.15) is 13.2 Å². The Balaban J connectivity index is 1.87. The first-order chi connectivity index (χ1) is 12.8. The fraction of sp³-hybridized carbons (Fsp3) is 0.263. The Hall–Kier alpha value is -3.03. The molecular formula is C19H19F3N2O3. The maximum absolute atomic E-state index is 12.2. The lowest BCUT2D eigenvalue weighted by atomic mass is 10.1. The number of anilines is 1. The van der Waals surface area contributed by atoms with Crippen LogP contribution in [0, 0.1) is 0 Å². The number of methoxy groups -OCH3 is 1. The van der Waals surface area contributed by atoms with Gasteiger partial charge in [0.1, 0.15) is 5.75 Å². The van der Waals surface area contributed by atoms with Gasteiger partial charge in [-0.1, -0.05) is 24.3 Å². The molecule has 0 fully saturated rings. The second-order valence-electron chi connectivity index (χ2n) is 5.78. The van der Waals surface area contributed by atoms with E-state index in [0.29, 0.717) is 23.4 Å². The number of aryl methyl sites for hydroxylation is 1. The van der Waals surface area contributed by atoms with Crippen LogP contribution in [0.5, 0.6) is 5.75 Å². The summed E-state index contributed by atoms with van der Waals surface area (Å²) < 4.78 is 41.7. The Labute approximate surface area is 154 Å². The van der Waals surface area contributed by atoms with Crippen molar-refractivity contribution in [3.63, 3.8) is 0 Å². The zero-order valence-electron chi connectivity index (χ0n) is 14.6. The number of rotatable bonds is 7. The number of halogens is 3. The topological polar surface area (TPSA) is 67.4 Å². The van der Waals surface area contributed by atoms with Gasteiger partial charge in [-0.05, 0) is 41.8 Å². The first kappa shape index (κ1) is 20.3. The molecule has 0 saturated carbocycles. The number of hydrogen-bond donors (Lipinski definition) is 2. The number of nitrogens with one attached hydrogen (secondary N) is 2. The predicted octanol–water partition coefficient (Wildman–Crippen LogP) is 3.45. The highest BCUT2D eigenvalue weighted by atomic mass is 19.4. The Morgan fingerprint density at radius 1 is 1.04 bits per heavy atom. The summed E-state index contributed by atoms with van der Waals surface area (Å²) in [5.41, 5.74) is 1.84. The molecule has 0 heterocycles.